The highest BCUT2D eigenvalue weighted by Crippen LogP contribution is 2.46. The Kier molecular flexibility index (Phi) is 7.26. The third kappa shape index (κ3) is 5.84. The van der Waals surface area contributed by atoms with Crippen molar-refractivity contribution >= 4 is 30.1 Å². The predicted molar refractivity (Wildman–Crippen MR) is 163 cm³/mol. The van der Waals surface area contributed by atoms with E-state index < -0.39 is 8.16 Å². The summed E-state index contributed by atoms with van der Waals surface area (Å²) in [5, 5.41) is 2.37. The number of fused-ring (bicyclic) bond motifs is 3. The molecule has 1 aliphatic heterocycles. The molecule has 204 valence electrons. The fraction of sp³-hybridized carbons (Fsp3) is 0.636. The van der Waals surface area contributed by atoms with Gasteiger partial charge in [0.15, 0.2) is 0 Å². The van der Waals surface area contributed by atoms with Crippen molar-refractivity contribution < 1.29 is 8.39 Å². The summed E-state index contributed by atoms with van der Waals surface area (Å²) in [6.45, 7) is 29.8. The molecular weight excluding hydrogens is 473 g/mol. The third-order valence-corrected chi connectivity index (χ3v) is 9.26. The molecule has 3 nitrogen and oxygen atoms in total. The van der Waals surface area contributed by atoms with Crippen LogP contribution in [0.15, 0.2) is 32.7 Å². The third-order valence-electron chi connectivity index (χ3n) is 7.72. The van der Waals surface area contributed by atoms with Gasteiger partial charge in [-0.2, -0.15) is 0 Å². The zero-order valence-electron chi connectivity index (χ0n) is 25.6. The van der Waals surface area contributed by atoms with Crippen LogP contribution in [0.2, 0.25) is 0 Å². The van der Waals surface area contributed by atoms with Crippen molar-refractivity contribution in [3.8, 4) is 0 Å². The molecule has 2 aromatic carbocycles. The molecule has 2 heterocycles. The molecule has 0 radical (unpaired) electrons. The molecule has 0 atom stereocenters. The second kappa shape index (κ2) is 9.49. The molecule has 0 aliphatic carbocycles. The maximum absolute atomic E-state index is 7.07. The first-order chi connectivity index (χ1) is 16.9. The fourth-order valence-electron chi connectivity index (χ4n) is 5.17. The molecule has 0 saturated carbocycles. The molecule has 0 spiro atoms. The molecule has 1 saturated heterocycles. The molecule has 0 bridgehead atoms. The molecule has 4 heteroatoms. The quantitative estimate of drug-likeness (QED) is 0.318. The van der Waals surface area contributed by atoms with Crippen LogP contribution in [0.3, 0.4) is 0 Å². The van der Waals surface area contributed by atoms with E-state index in [0.29, 0.717) is 0 Å². The first-order valence-electron chi connectivity index (χ1n) is 14.2. The minimum Gasteiger partial charge on any atom is -0.407 e. The van der Waals surface area contributed by atoms with Gasteiger partial charge in [-0.1, -0.05) is 102 Å². The van der Waals surface area contributed by atoms with Crippen molar-refractivity contribution in [2.24, 2.45) is 0 Å². The van der Waals surface area contributed by atoms with Gasteiger partial charge in [-0.25, -0.2) is 4.67 Å². The molecule has 0 amide bonds. The Hall–Kier alpha value is -1.70. The van der Waals surface area contributed by atoms with Crippen LogP contribution in [-0.4, -0.2) is 13.1 Å². The summed E-state index contributed by atoms with van der Waals surface area (Å²) < 4.78 is 16.6. The van der Waals surface area contributed by atoms with Crippen molar-refractivity contribution in [1.82, 2.24) is 0 Å². The summed E-state index contributed by atoms with van der Waals surface area (Å²) >= 11 is 0. The van der Waals surface area contributed by atoms with E-state index in [9.17, 15) is 0 Å². The molecule has 3 aromatic rings. The van der Waals surface area contributed by atoms with Crippen LogP contribution in [0, 0.1) is 0 Å². The monoisotopic (exact) mass is 523 g/mol. The summed E-state index contributed by atoms with van der Waals surface area (Å²) in [6, 6.07) is 9.57. The zero-order valence-corrected chi connectivity index (χ0v) is 26.5. The van der Waals surface area contributed by atoms with Crippen LogP contribution < -0.4 is 4.67 Å². The second-order valence-electron chi connectivity index (χ2n) is 15.2. The Balaban J connectivity index is 2.32. The lowest BCUT2D eigenvalue weighted by Crippen LogP contribution is -2.26. The SMILES string of the molecule is CC(C)(C)c1cc(C(C)(C)C)c2op(N3CCCCC3)oc3c(C(C)(C)C)cc(C(C)(C)C)cc3c2c1. The van der Waals surface area contributed by atoms with Crippen molar-refractivity contribution in [1.29, 1.82) is 0 Å². The van der Waals surface area contributed by atoms with Gasteiger partial charge in [-0.15, -0.1) is 0 Å². The minimum absolute atomic E-state index is 0.0223. The molecule has 1 fully saturated rings. The van der Waals surface area contributed by atoms with E-state index in [4.69, 9.17) is 8.39 Å². The maximum atomic E-state index is 7.07. The van der Waals surface area contributed by atoms with Gasteiger partial charge in [0, 0.05) is 35.0 Å². The smallest absolute Gasteiger partial charge is 0.309 e. The Morgan fingerprint density at radius 3 is 1.24 bits per heavy atom. The maximum Gasteiger partial charge on any atom is 0.309 e. The van der Waals surface area contributed by atoms with E-state index in [1.54, 1.807) is 0 Å². The number of benzene rings is 2. The fourth-order valence-corrected chi connectivity index (χ4v) is 6.75. The molecule has 37 heavy (non-hydrogen) atoms. The van der Waals surface area contributed by atoms with Gasteiger partial charge >= 0.3 is 8.16 Å². The van der Waals surface area contributed by atoms with E-state index in [2.05, 4.69) is 112 Å². The van der Waals surface area contributed by atoms with Crippen LogP contribution >= 0.6 is 8.16 Å². The average molecular weight is 524 g/mol. The topological polar surface area (TPSA) is 29.5 Å². The van der Waals surface area contributed by atoms with Crippen LogP contribution in [0.5, 0.6) is 0 Å². The first-order valence-corrected chi connectivity index (χ1v) is 15.3. The van der Waals surface area contributed by atoms with E-state index in [-0.39, 0.29) is 21.7 Å². The van der Waals surface area contributed by atoms with Gasteiger partial charge in [0.1, 0.15) is 11.2 Å². The van der Waals surface area contributed by atoms with Crippen molar-refractivity contribution in [3.63, 3.8) is 0 Å². The van der Waals surface area contributed by atoms with Crippen molar-refractivity contribution in [3.05, 3.63) is 46.5 Å². The van der Waals surface area contributed by atoms with Crippen molar-refractivity contribution in [2.45, 2.75) is 124 Å². The summed E-state index contributed by atoms with van der Waals surface area (Å²) in [5.74, 6) is 0. The van der Waals surface area contributed by atoms with Gasteiger partial charge in [0.25, 0.3) is 0 Å². The highest BCUT2D eigenvalue weighted by Gasteiger charge is 2.29. The average Bonchev–Trinajstić information content (AvgIpc) is 2.92. The molecule has 1 aromatic heterocycles. The van der Waals surface area contributed by atoms with Gasteiger partial charge < -0.3 is 8.39 Å². The van der Waals surface area contributed by atoms with Crippen LogP contribution in [-0.2, 0) is 21.7 Å². The summed E-state index contributed by atoms with van der Waals surface area (Å²) in [7, 11) is -1.26. The Labute approximate surface area is 226 Å². The zero-order chi connectivity index (χ0) is 27.6. The van der Waals surface area contributed by atoms with Gasteiger partial charge in [0.05, 0.1) is 0 Å². The highest BCUT2D eigenvalue weighted by molar-refractivity contribution is 7.39. The minimum atomic E-state index is -1.26. The summed E-state index contributed by atoms with van der Waals surface area (Å²) in [6.07, 6.45) is 3.70. The molecule has 1 aliphatic rings. The number of piperidine rings is 1. The lowest BCUT2D eigenvalue weighted by Gasteiger charge is -2.27. The second-order valence-corrected chi connectivity index (χ2v) is 16.6. The van der Waals surface area contributed by atoms with Crippen molar-refractivity contribution in [2.75, 3.05) is 17.8 Å². The Morgan fingerprint density at radius 1 is 0.541 bits per heavy atom. The number of nitrogens with zero attached hydrogens (tertiary/aromatic N) is 1. The van der Waals surface area contributed by atoms with Gasteiger partial charge in [-0.05, 0) is 57.8 Å². The largest absolute Gasteiger partial charge is 0.407 e. The number of hydrogen-bond donors (Lipinski definition) is 0. The van der Waals surface area contributed by atoms with E-state index in [1.807, 2.05) is 0 Å². The lowest BCUT2D eigenvalue weighted by atomic mass is 9.77. The first kappa shape index (κ1) is 28.3. The summed E-state index contributed by atoms with van der Waals surface area (Å²) in [4.78, 5) is 0. The van der Waals surface area contributed by atoms with E-state index in [0.717, 1.165) is 24.3 Å². The molecule has 0 unspecified atom stereocenters. The van der Waals surface area contributed by atoms with Gasteiger partial charge in [0.2, 0.25) is 0 Å². The normalized spacial score (nSPS) is 16.5. The van der Waals surface area contributed by atoms with E-state index >= 15 is 0 Å². The lowest BCUT2D eigenvalue weighted by molar-refractivity contribution is 0.539. The summed E-state index contributed by atoms with van der Waals surface area (Å²) in [5.41, 5.74) is 7.18. The van der Waals surface area contributed by atoms with Crippen LogP contribution in [0.25, 0.3) is 21.9 Å². The van der Waals surface area contributed by atoms with E-state index in [1.165, 1.54) is 52.3 Å². The Morgan fingerprint density at radius 2 is 0.919 bits per heavy atom. The Bertz CT molecular complexity index is 1240. The van der Waals surface area contributed by atoms with Crippen LogP contribution in [0.1, 0.15) is 125 Å². The number of hydrogen-bond acceptors (Lipinski definition) is 3. The van der Waals surface area contributed by atoms with Crippen LogP contribution in [0.4, 0.5) is 0 Å². The molecular formula is C33H50NO2P. The molecule has 4 rings (SSSR count). The standard InChI is InChI=1S/C33H50NO2P/c1-30(2,3)22-18-24-25-19-23(31(4,5)6)21-27(33(10,11)12)29(25)36-37(34-16-14-13-15-17-34)35-28(24)26(20-22)32(7,8)9/h18-21H,13-17H2,1-12H3. The number of rotatable bonds is 1. The highest BCUT2D eigenvalue weighted by atomic mass is 31.1. The van der Waals surface area contributed by atoms with Gasteiger partial charge in [-0.3, -0.25) is 0 Å². The molecule has 0 N–H and O–H groups in total. The predicted octanol–water partition coefficient (Wildman–Crippen LogP) is 10.6.